The zero-order valence-corrected chi connectivity index (χ0v) is 14.0. The van der Waals surface area contributed by atoms with E-state index in [1.807, 2.05) is 26.0 Å². The molecule has 2 heterocycles. The van der Waals surface area contributed by atoms with E-state index in [-0.39, 0.29) is 12.6 Å². The van der Waals surface area contributed by atoms with Crippen molar-refractivity contribution in [2.45, 2.75) is 20.4 Å². The van der Waals surface area contributed by atoms with Crippen LogP contribution in [0.1, 0.15) is 11.5 Å². The summed E-state index contributed by atoms with van der Waals surface area (Å²) in [6, 6.07) is 6.87. The smallest absolute Gasteiger partial charge is 0.323 e. The lowest BCUT2D eigenvalue weighted by Crippen LogP contribution is -2.19. The second kappa shape index (κ2) is 7.18. The summed E-state index contributed by atoms with van der Waals surface area (Å²) < 4.78 is 7.16. The van der Waals surface area contributed by atoms with E-state index in [1.54, 1.807) is 23.0 Å². The number of amides is 2. The molecule has 3 N–H and O–H groups in total. The number of nitrogens with zero attached hydrogens (tertiary/aromatic N) is 3. The fourth-order valence-corrected chi connectivity index (χ4v) is 2.27. The third kappa shape index (κ3) is 4.04. The van der Waals surface area contributed by atoms with Gasteiger partial charge in [0.05, 0.1) is 30.7 Å². The number of hydrogen-bond acceptors (Lipinski definition) is 5. The highest BCUT2D eigenvalue weighted by molar-refractivity contribution is 5.99. The molecule has 130 valence electrons. The van der Waals surface area contributed by atoms with Crippen LogP contribution in [-0.4, -0.2) is 32.5 Å². The van der Waals surface area contributed by atoms with Crippen molar-refractivity contribution in [3.8, 4) is 11.5 Å². The average molecular weight is 341 g/mol. The summed E-state index contributed by atoms with van der Waals surface area (Å²) in [5.41, 5.74) is 2.78. The molecule has 2 aromatic heterocycles. The molecule has 0 fully saturated rings. The first-order valence-electron chi connectivity index (χ1n) is 7.81. The fourth-order valence-electron chi connectivity index (χ4n) is 2.27. The van der Waals surface area contributed by atoms with Gasteiger partial charge in [0, 0.05) is 17.4 Å². The van der Waals surface area contributed by atoms with Crippen LogP contribution in [0, 0.1) is 13.8 Å². The Bertz CT molecular complexity index is 865. The summed E-state index contributed by atoms with van der Waals surface area (Å²) in [5.74, 6) is 1.29. The van der Waals surface area contributed by atoms with E-state index < -0.39 is 0 Å². The lowest BCUT2D eigenvalue weighted by atomic mass is 10.2. The monoisotopic (exact) mass is 341 g/mol. The number of hydrogen-bond donors (Lipinski definition) is 3. The van der Waals surface area contributed by atoms with Crippen LogP contribution < -0.4 is 10.6 Å². The van der Waals surface area contributed by atoms with Gasteiger partial charge < -0.3 is 20.2 Å². The van der Waals surface area contributed by atoms with Gasteiger partial charge in [-0.25, -0.2) is 9.78 Å². The van der Waals surface area contributed by atoms with Crippen molar-refractivity contribution in [3.63, 3.8) is 0 Å². The summed E-state index contributed by atoms with van der Waals surface area (Å²) in [5, 5.41) is 18.3. The Labute approximate surface area is 144 Å². The first-order chi connectivity index (χ1) is 12.0. The third-order valence-electron chi connectivity index (χ3n) is 3.62. The van der Waals surface area contributed by atoms with Crippen molar-refractivity contribution < 1.29 is 14.3 Å². The van der Waals surface area contributed by atoms with Gasteiger partial charge in [-0.1, -0.05) is 6.07 Å². The molecule has 0 atom stereocenters. The van der Waals surface area contributed by atoms with Crippen LogP contribution in [0.5, 0.6) is 0 Å². The van der Waals surface area contributed by atoms with Gasteiger partial charge >= 0.3 is 6.03 Å². The lowest BCUT2D eigenvalue weighted by molar-refractivity contribution is 0.262. The number of aryl methyl sites for hydroxylation is 2. The number of aliphatic hydroxyl groups is 1. The van der Waals surface area contributed by atoms with E-state index in [9.17, 15) is 4.79 Å². The molecule has 2 amide bonds. The minimum atomic E-state index is -0.388. The number of urea groups is 1. The SMILES string of the molecule is Cc1nc(-c2cccc(NC(=O)Nc3cnn(CCO)c3)c2)oc1C. The number of oxazole rings is 1. The van der Waals surface area contributed by atoms with E-state index >= 15 is 0 Å². The maximum absolute atomic E-state index is 12.1. The molecular weight excluding hydrogens is 322 g/mol. The second-order valence-corrected chi connectivity index (χ2v) is 5.54. The van der Waals surface area contributed by atoms with E-state index in [0.717, 1.165) is 17.0 Å². The van der Waals surface area contributed by atoms with E-state index in [2.05, 4.69) is 20.7 Å². The third-order valence-corrected chi connectivity index (χ3v) is 3.62. The minimum Gasteiger partial charge on any atom is -0.441 e. The van der Waals surface area contributed by atoms with E-state index in [0.29, 0.717) is 23.8 Å². The highest BCUT2D eigenvalue weighted by Crippen LogP contribution is 2.24. The van der Waals surface area contributed by atoms with Crippen LogP contribution in [-0.2, 0) is 6.54 Å². The molecule has 0 saturated carbocycles. The quantitative estimate of drug-likeness (QED) is 0.662. The van der Waals surface area contributed by atoms with Gasteiger partial charge in [0.25, 0.3) is 0 Å². The number of rotatable bonds is 5. The molecule has 0 saturated heterocycles. The molecule has 1 aromatic carbocycles. The normalized spacial score (nSPS) is 10.7. The molecular formula is C17H19N5O3. The number of aliphatic hydroxyl groups excluding tert-OH is 1. The summed E-state index contributed by atoms with van der Waals surface area (Å²) in [7, 11) is 0. The molecule has 8 heteroatoms. The Kier molecular flexibility index (Phi) is 4.80. The Morgan fingerprint density at radius 3 is 2.80 bits per heavy atom. The summed E-state index contributed by atoms with van der Waals surface area (Å²) in [6.45, 7) is 4.10. The zero-order chi connectivity index (χ0) is 17.8. The van der Waals surface area contributed by atoms with Crippen molar-refractivity contribution in [2.75, 3.05) is 17.2 Å². The van der Waals surface area contributed by atoms with Crippen molar-refractivity contribution in [1.82, 2.24) is 14.8 Å². The van der Waals surface area contributed by atoms with Crippen LogP contribution in [0.3, 0.4) is 0 Å². The molecule has 8 nitrogen and oxygen atoms in total. The number of nitrogens with one attached hydrogen (secondary N) is 2. The molecule has 3 aromatic rings. The van der Waals surface area contributed by atoms with Gasteiger partial charge in [0.2, 0.25) is 5.89 Å². The fraction of sp³-hybridized carbons (Fsp3) is 0.235. The first kappa shape index (κ1) is 16.7. The molecule has 0 aliphatic carbocycles. The highest BCUT2D eigenvalue weighted by atomic mass is 16.4. The maximum Gasteiger partial charge on any atom is 0.323 e. The standard InChI is InChI=1S/C17H19N5O3/c1-11-12(2)25-16(19-11)13-4-3-5-14(8-13)20-17(24)21-15-9-18-22(10-15)6-7-23/h3-5,8-10,23H,6-7H2,1-2H3,(H2,20,21,24). The number of carbonyl (C=O) groups excluding carboxylic acids is 1. The number of aromatic nitrogens is 3. The average Bonchev–Trinajstić information content (AvgIpc) is 3.15. The van der Waals surface area contributed by atoms with E-state index in [1.165, 1.54) is 6.20 Å². The van der Waals surface area contributed by atoms with Crippen LogP contribution >= 0.6 is 0 Å². The molecule has 0 bridgehead atoms. The highest BCUT2D eigenvalue weighted by Gasteiger charge is 2.10. The van der Waals surface area contributed by atoms with Crippen molar-refractivity contribution in [3.05, 3.63) is 48.1 Å². The minimum absolute atomic E-state index is 0.0140. The molecule has 0 unspecified atom stereocenters. The van der Waals surface area contributed by atoms with Gasteiger partial charge in [-0.05, 0) is 32.0 Å². The predicted molar refractivity (Wildman–Crippen MR) is 93.4 cm³/mol. The Morgan fingerprint density at radius 2 is 2.08 bits per heavy atom. The Balaban J connectivity index is 1.67. The van der Waals surface area contributed by atoms with Gasteiger partial charge in [-0.15, -0.1) is 0 Å². The van der Waals surface area contributed by atoms with Crippen molar-refractivity contribution >= 4 is 17.4 Å². The topological polar surface area (TPSA) is 105 Å². The predicted octanol–water partition coefficient (Wildman–Crippen LogP) is 2.79. The van der Waals surface area contributed by atoms with Crippen LogP contribution in [0.15, 0.2) is 41.1 Å². The molecule has 0 aliphatic rings. The summed E-state index contributed by atoms with van der Waals surface area (Å²) in [6.07, 6.45) is 3.16. The first-order valence-corrected chi connectivity index (χ1v) is 7.81. The lowest BCUT2D eigenvalue weighted by Gasteiger charge is -2.07. The number of benzene rings is 1. The van der Waals surface area contributed by atoms with Crippen LogP contribution in [0.4, 0.5) is 16.2 Å². The van der Waals surface area contributed by atoms with E-state index in [4.69, 9.17) is 9.52 Å². The molecule has 25 heavy (non-hydrogen) atoms. The molecule has 0 radical (unpaired) electrons. The maximum atomic E-state index is 12.1. The summed E-state index contributed by atoms with van der Waals surface area (Å²) >= 11 is 0. The second-order valence-electron chi connectivity index (χ2n) is 5.54. The van der Waals surface area contributed by atoms with Crippen molar-refractivity contribution in [1.29, 1.82) is 0 Å². The van der Waals surface area contributed by atoms with Crippen molar-refractivity contribution in [2.24, 2.45) is 0 Å². The Hall–Kier alpha value is -3.13. The van der Waals surface area contributed by atoms with Gasteiger partial charge in [0.1, 0.15) is 5.76 Å². The number of carbonyl (C=O) groups is 1. The summed E-state index contributed by atoms with van der Waals surface area (Å²) in [4.78, 5) is 16.5. The number of anilines is 2. The molecule has 0 aliphatic heterocycles. The van der Waals surface area contributed by atoms with Gasteiger partial charge in [0.15, 0.2) is 0 Å². The van der Waals surface area contributed by atoms with Crippen LogP contribution in [0.25, 0.3) is 11.5 Å². The zero-order valence-electron chi connectivity index (χ0n) is 14.0. The van der Waals surface area contributed by atoms with Gasteiger partial charge in [-0.2, -0.15) is 5.10 Å². The van der Waals surface area contributed by atoms with Crippen LogP contribution in [0.2, 0.25) is 0 Å². The largest absolute Gasteiger partial charge is 0.441 e. The molecule has 3 rings (SSSR count). The van der Waals surface area contributed by atoms with Gasteiger partial charge in [-0.3, -0.25) is 4.68 Å². The molecule has 0 spiro atoms. The Morgan fingerprint density at radius 1 is 1.28 bits per heavy atom.